The van der Waals surface area contributed by atoms with Gasteiger partial charge in [-0.15, -0.1) is 0 Å². The first-order chi connectivity index (χ1) is 9.20. The van der Waals surface area contributed by atoms with Crippen LogP contribution in [0, 0.1) is 12.8 Å². The van der Waals surface area contributed by atoms with Crippen LogP contribution in [0.15, 0.2) is 18.2 Å². The lowest BCUT2D eigenvalue weighted by Crippen LogP contribution is -2.26. The van der Waals surface area contributed by atoms with Gasteiger partial charge < -0.3 is 15.4 Å². The molecule has 1 aliphatic heterocycles. The number of nitrogens with one attached hydrogen (secondary N) is 2. The molecule has 2 rings (SSSR count). The van der Waals surface area contributed by atoms with Gasteiger partial charge in [0.1, 0.15) is 0 Å². The van der Waals surface area contributed by atoms with Crippen molar-refractivity contribution in [3.63, 3.8) is 0 Å². The highest BCUT2D eigenvalue weighted by molar-refractivity contribution is 5.94. The lowest BCUT2D eigenvalue weighted by atomic mass is 10.1. The van der Waals surface area contributed by atoms with E-state index in [2.05, 4.69) is 10.6 Å². The van der Waals surface area contributed by atoms with Crippen molar-refractivity contribution in [1.82, 2.24) is 5.32 Å². The number of carbonyl (C=O) groups is 1. The molecule has 0 radical (unpaired) electrons. The van der Waals surface area contributed by atoms with Crippen LogP contribution in [0.5, 0.6) is 0 Å². The van der Waals surface area contributed by atoms with Gasteiger partial charge in [0.15, 0.2) is 0 Å². The van der Waals surface area contributed by atoms with Gasteiger partial charge in [-0.1, -0.05) is 0 Å². The van der Waals surface area contributed by atoms with E-state index in [1.54, 1.807) is 0 Å². The first kappa shape index (κ1) is 13.9. The van der Waals surface area contributed by atoms with Crippen LogP contribution in [0.2, 0.25) is 0 Å². The van der Waals surface area contributed by atoms with Crippen molar-refractivity contribution < 1.29 is 9.53 Å². The van der Waals surface area contributed by atoms with Gasteiger partial charge in [0.05, 0.1) is 0 Å². The zero-order chi connectivity index (χ0) is 13.7. The lowest BCUT2D eigenvalue weighted by Gasteiger charge is -2.10. The molecule has 0 spiro atoms. The molecule has 4 heteroatoms. The summed E-state index contributed by atoms with van der Waals surface area (Å²) in [6, 6.07) is 5.71. The Morgan fingerprint density at radius 2 is 2.32 bits per heavy atom. The number of hydrogen-bond acceptors (Lipinski definition) is 3. The lowest BCUT2D eigenvalue weighted by molar-refractivity contribution is 0.0950. The van der Waals surface area contributed by atoms with E-state index in [1.165, 1.54) is 0 Å². The second-order valence-corrected chi connectivity index (χ2v) is 5.05. The van der Waals surface area contributed by atoms with Crippen LogP contribution in [0.25, 0.3) is 0 Å². The first-order valence-electron chi connectivity index (χ1n) is 6.85. The molecule has 1 unspecified atom stereocenters. The second-order valence-electron chi connectivity index (χ2n) is 5.05. The summed E-state index contributed by atoms with van der Waals surface area (Å²) in [4.78, 5) is 12.0. The number of rotatable bonds is 5. The zero-order valence-corrected chi connectivity index (χ0v) is 11.7. The normalized spacial score (nSPS) is 18.3. The van der Waals surface area contributed by atoms with Crippen molar-refractivity contribution in [2.24, 2.45) is 5.92 Å². The number of amides is 1. The van der Waals surface area contributed by atoms with Crippen molar-refractivity contribution >= 4 is 11.6 Å². The van der Waals surface area contributed by atoms with Gasteiger partial charge in [-0.25, -0.2) is 0 Å². The molecule has 1 atom stereocenters. The van der Waals surface area contributed by atoms with Crippen LogP contribution in [0.4, 0.5) is 5.69 Å². The summed E-state index contributed by atoms with van der Waals surface area (Å²) in [7, 11) is 1.88. The summed E-state index contributed by atoms with van der Waals surface area (Å²) in [6.45, 7) is 4.42. The van der Waals surface area contributed by atoms with Crippen LogP contribution >= 0.6 is 0 Å². The van der Waals surface area contributed by atoms with Crippen molar-refractivity contribution in [3.8, 4) is 0 Å². The van der Waals surface area contributed by atoms with E-state index in [0.29, 0.717) is 5.92 Å². The summed E-state index contributed by atoms with van der Waals surface area (Å²) < 4.78 is 5.32. The standard InChI is InChI=1S/C15H22N2O2/c1-11-9-13(3-4-14(11)16-2)15(18)17-7-5-12-6-8-19-10-12/h3-4,9,12,16H,5-8,10H2,1-2H3,(H,17,18). The molecular weight excluding hydrogens is 240 g/mol. The molecule has 1 aromatic rings. The number of hydrogen-bond donors (Lipinski definition) is 2. The van der Waals surface area contributed by atoms with Gasteiger partial charge in [-0.3, -0.25) is 4.79 Å². The molecule has 2 N–H and O–H groups in total. The van der Waals surface area contributed by atoms with Gasteiger partial charge in [-0.2, -0.15) is 0 Å². The summed E-state index contributed by atoms with van der Waals surface area (Å²) in [6.07, 6.45) is 2.12. The summed E-state index contributed by atoms with van der Waals surface area (Å²) in [5, 5.41) is 6.07. The fraction of sp³-hybridized carbons (Fsp3) is 0.533. The quantitative estimate of drug-likeness (QED) is 0.855. The van der Waals surface area contributed by atoms with E-state index in [4.69, 9.17) is 4.74 Å². The second kappa shape index (κ2) is 6.57. The zero-order valence-electron chi connectivity index (χ0n) is 11.7. The van der Waals surface area contributed by atoms with Gasteiger partial charge >= 0.3 is 0 Å². The Kier molecular flexibility index (Phi) is 4.80. The molecule has 0 bridgehead atoms. The highest BCUT2D eigenvalue weighted by atomic mass is 16.5. The van der Waals surface area contributed by atoms with Crippen LogP contribution in [-0.2, 0) is 4.74 Å². The van der Waals surface area contributed by atoms with Crippen molar-refractivity contribution in [1.29, 1.82) is 0 Å². The highest BCUT2D eigenvalue weighted by Crippen LogP contribution is 2.17. The molecule has 1 saturated heterocycles. The Hall–Kier alpha value is -1.55. The first-order valence-corrected chi connectivity index (χ1v) is 6.85. The van der Waals surface area contributed by atoms with E-state index in [0.717, 1.165) is 49.4 Å². The van der Waals surface area contributed by atoms with Crippen LogP contribution < -0.4 is 10.6 Å². The summed E-state index contributed by atoms with van der Waals surface area (Å²) >= 11 is 0. The SMILES string of the molecule is CNc1ccc(C(=O)NCCC2CCOC2)cc1C. The Bertz CT molecular complexity index is 440. The number of ether oxygens (including phenoxy) is 1. The fourth-order valence-corrected chi connectivity index (χ4v) is 2.39. The Labute approximate surface area is 114 Å². The van der Waals surface area contributed by atoms with Gasteiger partial charge in [-0.05, 0) is 49.4 Å². The summed E-state index contributed by atoms with van der Waals surface area (Å²) in [5.74, 6) is 0.610. The average Bonchev–Trinajstić information content (AvgIpc) is 2.91. The molecule has 0 aromatic heterocycles. The third-order valence-corrected chi connectivity index (χ3v) is 3.62. The van der Waals surface area contributed by atoms with E-state index >= 15 is 0 Å². The van der Waals surface area contributed by atoms with Crippen LogP contribution in [-0.4, -0.2) is 32.7 Å². The maximum atomic E-state index is 12.0. The molecule has 1 amide bonds. The Morgan fingerprint density at radius 1 is 1.47 bits per heavy atom. The molecule has 1 fully saturated rings. The minimum atomic E-state index is 0.00432. The fourth-order valence-electron chi connectivity index (χ4n) is 2.39. The van der Waals surface area contributed by atoms with Crippen LogP contribution in [0.1, 0.15) is 28.8 Å². The Morgan fingerprint density at radius 3 is 2.95 bits per heavy atom. The van der Waals surface area contributed by atoms with E-state index < -0.39 is 0 Å². The van der Waals surface area contributed by atoms with Crippen molar-refractivity contribution in [2.75, 3.05) is 32.1 Å². The molecule has 1 aromatic carbocycles. The third kappa shape index (κ3) is 3.70. The van der Waals surface area contributed by atoms with Crippen LogP contribution in [0.3, 0.4) is 0 Å². The van der Waals surface area contributed by atoms with Crippen molar-refractivity contribution in [2.45, 2.75) is 19.8 Å². The predicted molar refractivity (Wildman–Crippen MR) is 76.6 cm³/mol. The van der Waals surface area contributed by atoms with Gasteiger partial charge in [0, 0.05) is 38.1 Å². The maximum Gasteiger partial charge on any atom is 0.251 e. The smallest absolute Gasteiger partial charge is 0.251 e. The molecule has 1 heterocycles. The van der Waals surface area contributed by atoms with E-state index in [-0.39, 0.29) is 5.91 Å². The molecule has 4 nitrogen and oxygen atoms in total. The van der Waals surface area contributed by atoms with E-state index in [1.807, 2.05) is 32.2 Å². The molecular formula is C15H22N2O2. The topological polar surface area (TPSA) is 50.4 Å². The molecule has 1 aliphatic rings. The number of benzene rings is 1. The summed E-state index contributed by atoms with van der Waals surface area (Å²) in [5.41, 5.74) is 2.86. The number of carbonyl (C=O) groups excluding carboxylic acids is 1. The number of aryl methyl sites for hydroxylation is 1. The average molecular weight is 262 g/mol. The van der Waals surface area contributed by atoms with Crippen molar-refractivity contribution in [3.05, 3.63) is 29.3 Å². The number of anilines is 1. The van der Waals surface area contributed by atoms with E-state index in [9.17, 15) is 4.79 Å². The molecule has 0 aliphatic carbocycles. The minimum absolute atomic E-state index is 0.00432. The molecule has 104 valence electrons. The molecule has 0 saturated carbocycles. The third-order valence-electron chi connectivity index (χ3n) is 3.62. The largest absolute Gasteiger partial charge is 0.388 e. The van der Waals surface area contributed by atoms with Gasteiger partial charge in [0.25, 0.3) is 5.91 Å². The molecule has 19 heavy (non-hydrogen) atoms. The highest BCUT2D eigenvalue weighted by Gasteiger charge is 2.15. The predicted octanol–water partition coefficient (Wildman–Crippen LogP) is 2.19. The Balaban J connectivity index is 1.83. The monoisotopic (exact) mass is 262 g/mol. The maximum absolute atomic E-state index is 12.0. The minimum Gasteiger partial charge on any atom is -0.388 e. The van der Waals surface area contributed by atoms with Gasteiger partial charge in [0.2, 0.25) is 0 Å².